The summed E-state index contributed by atoms with van der Waals surface area (Å²) in [5.74, 6) is 1.03. The number of H-pyrrole nitrogens is 1. The topological polar surface area (TPSA) is 73.9 Å². The summed E-state index contributed by atoms with van der Waals surface area (Å²) < 4.78 is 0. The van der Waals surface area contributed by atoms with Crippen LogP contribution in [-0.4, -0.2) is 40.7 Å². The van der Waals surface area contributed by atoms with Crippen LogP contribution in [0.2, 0.25) is 5.15 Å². The first-order valence-electron chi connectivity index (χ1n) is 9.27. The average molecular weight is 384 g/mol. The third-order valence-electron chi connectivity index (χ3n) is 5.18. The van der Waals surface area contributed by atoms with E-state index in [9.17, 15) is 4.79 Å². The number of amides is 1. The van der Waals surface area contributed by atoms with E-state index in [1.54, 1.807) is 6.07 Å². The molecule has 0 unspecified atom stereocenters. The highest BCUT2D eigenvalue weighted by molar-refractivity contribution is 6.29. The lowest BCUT2D eigenvalue weighted by Gasteiger charge is -2.31. The van der Waals surface area contributed by atoms with E-state index in [-0.39, 0.29) is 11.8 Å². The SMILES string of the molecule is O=C(NCCc1c[nH]c2ccccc12)C1CCN(c2ccc(Cl)nn2)CC1. The quantitative estimate of drug-likeness (QED) is 0.709. The van der Waals surface area contributed by atoms with Gasteiger partial charge in [-0.25, -0.2) is 0 Å². The first-order valence-corrected chi connectivity index (χ1v) is 9.65. The first kappa shape index (κ1) is 17.8. The standard InChI is InChI=1S/C20H22ClN5O/c21-18-5-6-19(25-24-18)26-11-8-14(9-12-26)20(27)22-10-7-15-13-23-17-4-2-1-3-16(15)17/h1-6,13-14,23H,7-12H2,(H,22,27). The lowest BCUT2D eigenvalue weighted by atomic mass is 9.96. The fourth-order valence-electron chi connectivity index (χ4n) is 3.65. The van der Waals surface area contributed by atoms with Crippen LogP contribution in [0.25, 0.3) is 10.9 Å². The summed E-state index contributed by atoms with van der Waals surface area (Å²) in [5.41, 5.74) is 2.37. The van der Waals surface area contributed by atoms with E-state index >= 15 is 0 Å². The minimum atomic E-state index is 0.0597. The van der Waals surface area contributed by atoms with Crippen molar-refractivity contribution >= 4 is 34.2 Å². The number of fused-ring (bicyclic) bond motifs is 1. The molecule has 0 atom stereocenters. The molecule has 1 saturated heterocycles. The Morgan fingerprint density at radius 1 is 1.19 bits per heavy atom. The maximum absolute atomic E-state index is 12.5. The van der Waals surface area contributed by atoms with Crippen molar-refractivity contribution in [3.05, 3.63) is 53.3 Å². The van der Waals surface area contributed by atoms with Gasteiger partial charge in [-0.2, -0.15) is 0 Å². The molecule has 3 heterocycles. The van der Waals surface area contributed by atoms with Crippen LogP contribution in [-0.2, 0) is 11.2 Å². The molecule has 0 saturated carbocycles. The van der Waals surface area contributed by atoms with Crippen molar-refractivity contribution in [3.63, 3.8) is 0 Å². The minimum absolute atomic E-state index is 0.0597. The number of para-hydroxylation sites is 1. The number of anilines is 1. The number of nitrogens with one attached hydrogen (secondary N) is 2. The molecule has 0 bridgehead atoms. The van der Waals surface area contributed by atoms with Crippen molar-refractivity contribution in [1.82, 2.24) is 20.5 Å². The highest BCUT2D eigenvalue weighted by Gasteiger charge is 2.25. The van der Waals surface area contributed by atoms with Crippen LogP contribution in [0, 0.1) is 5.92 Å². The molecule has 27 heavy (non-hydrogen) atoms. The molecule has 1 aliphatic rings. The summed E-state index contributed by atoms with van der Waals surface area (Å²) >= 11 is 5.79. The molecule has 7 heteroatoms. The minimum Gasteiger partial charge on any atom is -0.361 e. The molecule has 2 aromatic heterocycles. The zero-order valence-electron chi connectivity index (χ0n) is 15.0. The Bertz CT molecular complexity index is 916. The molecule has 1 amide bonds. The Balaban J connectivity index is 1.25. The summed E-state index contributed by atoms with van der Waals surface area (Å²) in [5, 5.41) is 12.7. The van der Waals surface area contributed by atoms with Crippen molar-refractivity contribution in [3.8, 4) is 0 Å². The largest absolute Gasteiger partial charge is 0.361 e. The third-order valence-corrected chi connectivity index (χ3v) is 5.38. The molecular weight excluding hydrogens is 362 g/mol. The van der Waals surface area contributed by atoms with Crippen molar-refractivity contribution in [2.24, 2.45) is 5.92 Å². The summed E-state index contributed by atoms with van der Waals surface area (Å²) in [6.45, 7) is 2.26. The van der Waals surface area contributed by atoms with Crippen molar-refractivity contribution in [2.75, 3.05) is 24.5 Å². The average Bonchev–Trinajstić information content (AvgIpc) is 3.12. The van der Waals surface area contributed by atoms with Crippen LogP contribution in [0.15, 0.2) is 42.6 Å². The van der Waals surface area contributed by atoms with Gasteiger partial charge in [0, 0.05) is 42.7 Å². The number of nitrogens with zero attached hydrogens (tertiary/aromatic N) is 3. The fourth-order valence-corrected chi connectivity index (χ4v) is 3.75. The summed E-state index contributed by atoms with van der Waals surface area (Å²) in [4.78, 5) is 17.9. The molecule has 2 N–H and O–H groups in total. The lowest BCUT2D eigenvalue weighted by molar-refractivity contribution is -0.125. The number of rotatable bonds is 5. The molecule has 0 radical (unpaired) electrons. The maximum Gasteiger partial charge on any atom is 0.223 e. The summed E-state index contributed by atoms with van der Waals surface area (Å²) in [6, 6.07) is 11.8. The van der Waals surface area contributed by atoms with Crippen LogP contribution in [0.1, 0.15) is 18.4 Å². The number of halogens is 1. The molecule has 0 aliphatic carbocycles. The normalized spacial score (nSPS) is 15.2. The number of carbonyl (C=O) groups is 1. The molecule has 1 aromatic carbocycles. The summed E-state index contributed by atoms with van der Waals surface area (Å²) in [7, 11) is 0. The maximum atomic E-state index is 12.5. The van der Waals surface area contributed by atoms with Crippen molar-refractivity contribution < 1.29 is 4.79 Å². The smallest absolute Gasteiger partial charge is 0.223 e. The molecule has 6 nitrogen and oxygen atoms in total. The van der Waals surface area contributed by atoms with Gasteiger partial charge in [-0.3, -0.25) is 4.79 Å². The van der Waals surface area contributed by atoms with Gasteiger partial charge in [-0.05, 0) is 43.0 Å². The number of benzene rings is 1. The number of hydrogen-bond acceptors (Lipinski definition) is 4. The Labute approximate surface area is 162 Å². The second kappa shape index (κ2) is 7.96. The van der Waals surface area contributed by atoms with E-state index in [1.165, 1.54) is 10.9 Å². The van der Waals surface area contributed by atoms with Crippen LogP contribution >= 0.6 is 11.6 Å². The molecule has 1 aliphatic heterocycles. The first-order chi connectivity index (χ1) is 13.2. The Morgan fingerprint density at radius 3 is 2.78 bits per heavy atom. The van der Waals surface area contributed by atoms with E-state index < -0.39 is 0 Å². The molecule has 1 fully saturated rings. The van der Waals surface area contributed by atoms with Gasteiger partial charge in [0.15, 0.2) is 11.0 Å². The van der Waals surface area contributed by atoms with Gasteiger partial charge >= 0.3 is 0 Å². The molecule has 3 aromatic rings. The lowest BCUT2D eigenvalue weighted by Crippen LogP contribution is -2.41. The van der Waals surface area contributed by atoms with E-state index in [2.05, 4.69) is 37.5 Å². The van der Waals surface area contributed by atoms with Gasteiger partial charge in [0.2, 0.25) is 5.91 Å². The van der Waals surface area contributed by atoms with E-state index in [1.807, 2.05) is 24.4 Å². The Hall–Kier alpha value is -2.60. The van der Waals surface area contributed by atoms with E-state index in [0.29, 0.717) is 11.7 Å². The summed E-state index contributed by atoms with van der Waals surface area (Å²) in [6.07, 6.45) is 4.50. The van der Waals surface area contributed by atoms with Gasteiger partial charge in [-0.15, -0.1) is 10.2 Å². The molecule has 0 spiro atoms. The zero-order chi connectivity index (χ0) is 18.6. The van der Waals surface area contributed by atoms with Crippen molar-refractivity contribution in [2.45, 2.75) is 19.3 Å². The van der Waals surface area contributed by atoms with Crippen LogP contribution < -0.4 is 10.2 Å². The number of hydrogen-bond donors (Lipinski definition) is 2. The Morgan fingerprint density at radius 2 is 2.00 bits per heavy atom. The fraction of sp³-hybridized carbons (Fsp3) is 0.350. The van der Waals surface area contributed by atoms with Crippen LogP contribution in [0.4, 0.5) is 5.82 Å². The second-order valence-electron chi connectivity index (χ2n) is 6.88. The molecule has 140 valence electrons. The number of aromatic amines is 1. The predicted octanol–water partition coefficient (Wildman–Crippen LogP) is 3.19. The van der Waals surface area contributed by atoms with E-state index in [4.69, 9.17) is 11.6 Å². The van der Waals surface area contributed by atoms with Gasteiger partial charge in [0.05, 0.1) is 0 Å². The second-order valence-corrected chi connectivity index (χ2v) is 7.26. The van der Waals surface area contributed by atoms with Crippen molar-refractivity contribution in [1.29, 1.82) is 0 Å². The zero-order valence-corrected chi connectivity index (χ0v) is 15.7. The number of piperidine rings is 1. The predicted molar refractivity (Wildman–Crippen MR) is 107 cm³/mol. The molecular formula is C20H22ClN5O. The van der Waals surface area contributed by atoms with Crippen LogP contribution in [0.5, 0.6) is 0 Å². The van der Waals surface area contributed by atoms with Gasteiger partial charge in [0.1, 0.15) is 0 Å². The third kappa shape index (κ3) is 4.06. The Kier molecular flexibility index (Phi) is 5.25. The van der Waals surface area contributed by atoms with Gasteiger partial charge < -0.3 is 15.2 Å². The van der Waals surface area contributed by atoms with E-state index in [0.717, 1.165) is 43.7 Å². The number of carbonyl (C=O) groups excluding carboxylic acids is 1. The van der Waals surface area contributed by atoms with Gasteiger partial charge in [0.25, 0.3) is 0 Å². The highest BCUT2D eigenvalue weighted by atomic mass is 35.5. The molecule has 4 rings (SSSR count). The van der Waals surface area contributed by atoms with Gasteiger partial charge in [-0.1, -0.05) is 29.8 Å². The monoisotopic (exact) mass is 383 g/mol. The van der Waals surface area contributed by atoms with Crippen LogP contribution in [0.3, 0.4) is 0 Å². The number of aromatic nitrogens is 3. The highest BCUT2D eigenvalue weighted by Crippen LogP contribution is 2.22.